The van der Waals surface area contributed by atoms with E-state index in [1.54, 1.807) is 18.2 Å². The van der Waals surface area contributed by atoms with Crippen LogP contribution in [0, 0.1) is 6.92 Å². The first kappa shape index (κ1) is 22.8. The topological polar surface area (TPSA) is 97.8 Å². The van der Waals surface area contributed by atoms with E-state index in [1.165, 1.54) is 0 Å². The van der Waals surface area contributed by atoms with Gasteiger partial charge in [-0.1, -0.05) is 24.3 Å². The minimum absolute atomic E-state index is 0.0891. The number of rotatable bonds is 7. The van der Waals surface area contributed by atoms with Gasteiger partial charge >= 0.3 is 5.97 Å². The number of nitrogens with one attached hydrogen (secondary N) is 1. The molecule has 7 nitrogen and oxygen atoms in total. The first-order valence-electron chi connectivity index (χ1n) is 10.9. The fourth-order valence-electron chi connectivity index (χ4n) is 4.25. The van der Waals surface area contributed by atoms with Crippen molar-refractivity contribution in [2.75, 3.05) is 11.9 Å². The molecule has 9 heteroatoms. The van der Waals surface area contributed by atoms with Crippen molar-refractivity contribution in [2.45, 2.75) is 30.4 Å². The number of ether oxygens (including phenoxy) is 2. The van der Waals surface area contributed by atoms with Gasteiger partial charge in [0.25, 0.3) is 5.27 Å². The third-order valence-electron chi connectivity index (χ3n) is 6.23. The smallest absolute Gasteiger partial charge is 0.335 e. The standard InChI is InChI=1S/C25H24N2O5P2/c1-14-5-8-21(27-22(14)15-3-2-4-16(11-15)23(29)30)26-13-20(28)24(9-10-24)17-6-7-18-19(12-17)32-25(33,34)31-18/h2-8,11-12H,9-10,13,33-34H2,1H3,(H,26,27)(H,29,30). The quantitative estimate of drug-likeness (QED) is 0.464. The van der Waals surface area contributed by atoms with Crippen LogP contribution in [0.3, 0.4) is 0 Å². The van der Waals surface area contributed by atoms with Gasteiger partial charge in [-0.25, -0.2) is 9.78 Å². The molecule has 3 aromatic rings. The summed E-state index contributed by atoms with van der Waals surface area (Å²) >= 11 is 0. The van der Waals surface area contributed by atoms with E-state index in [0.29, 0.717) is 28.6 Å². The third-order valence-corrected chi connectivity index (χ3v) is 6.70. The molecule has 0 spiro atoms. The summed E-state index contributed by atoms with van der Waals surface area (Å²) in [7, 11) is 4.99. The molecule has 34 heavy (non-hydrogen) atoms. The molecule has 1 fully saturated rings. The zero-order chi connectivity index (χ0) is 24.1. The second-order valence-corrected chi connectivity index (χ2v) is 11.0. The highest BCUT2D eigenvalue weighted by Gasteiger charge is 2.51. The predicted octanol–water partition coefficient (Wildman–Crippen LogP) is 4.60. The Hall–Kier alpha value is -3.01. The molecule has 0 amide bonds. The lowest BCUT2D eigenvalue weighted by Crippen LogP contribution is -2.27. The van der Waals surface area contributed by atoms with E-state index in [1.807, 2.05) is 43.3 Å². The number of hydrogen-bond donors (Lipinski definition) is 2. The van der Waals surface area contributed by atoms with Crippen LogP contribution in [-0.2, 0) is 10.2 Å². The van der Waals surface area contributed by atoms with Gasteiger partial charge in [0.05, 0.1) is 23.2 Å². The Morgan fingerprint density at radius 3 is 2.56 bits per heavy atom. The van der Waals surface area contributed by atoms with Crippen LogP contribution in [0.5, 0.6) is 11.5 Å². The maximum Gasteiger partial charge on any atom is 0.335 e. The zero-order valence-electron chi connectivity index (χ0n) is 18.5. The van der Waals surface area contributed by atoms with Crippen molar-refractivity contribution in [3.63, 3.8) is 0 Å². The number of carbonyl (C=O) groups is 2. The minimum Gasteiger partial charge on any atom is -0.478 e. The number of aromatic nitrogens is 1. The van der Waals surface area contributed by atoms with Gasteiger partial charge in [0.15, 0.2) is 17.3 Å². The van der Waals surface area contributed by atoms with Gasteiger partial charge in [-0.3, -0.25) is 4.79 Å². The molecule has 0 saturated heterocycles. The summed E-state index contributed by atoms with van der Waals surface area (Å²) in [5, 5.41) is 11.6. The highest BCUT2D eigenvalue weighted by Crippen LogP contribution is 2.53. The number of ketones is 1. The Morgan fingerprint density at radius 1 is 1.06 bits per heavy atom. The SMILES string of the molecule is Cc1ccc(NCC(=O)C2(c3ccc4c(c3)OC(P)(P)O4)CC2)nc1-c1cccc(C(=O)O)c1. The summed E-state index contributed by atoms with van der Waals surface area (Å²) in [6.45, 7) is 2.05. The lowest BCUT2D eigenvalue weighted by molar-refractivity contribution is -0.119. The maximum absolute atomic E-state index is 13.2. The average Bonchev–Trinajstić information content (AvgIpc) is 3.55. The highest BCUT2D eigenvalue weighted by atomic mass is 31.1. The number of Topliss-reactive ketones (excluding diaryl/α,β-unsaturated/α-hetero) is 1. The fraction of sp³-hybridized carbons (Fsp3) is 0.240. The number of pyridine rings is 1. The Morgan fingerprint density at radius 2 is 1.82 bits per heavy atom. The number of benzene rings is 2. The molecule has 0 bridgehead atoms. The summed E-state index contributed by atoms with van der Waals surface area (Å²) in [6, 6.07) is 16.1. The molecule has 174 valence electrons. The van der Waals surface area contributed by atoms with Gasteiger partial charge in [-0.15, -0.1) is 0 Å². The van der Waals surface area contributed by atoms with Crippen LogP contribution in [0.25, 0.3) is 11.3 Å². The van der Waals surface area contributed by atoms with Gasteiger partial charge in [0.1, 0.15) is 5.82 Å². The molecule has 5 rings (SSSR count). The van der Waals surface area contributed by atoms with Crippen molar-refractivity contribution in [1.29, 1.82) is 0 Å². The normalized spacial score (nSPS) is 16.7. The van der Waals surface area contributed by atoms with Crippen LogP contribution < -0.4 is 14.8 Å². The first-order valence-corrected chi connectivity index (χ1v) is 12.0. The molecule has 1 saturated carbocycles. The van der Waals surface area contributed by atoms with E-state index >= 15 is 0 Å². The van der Waals surface area contributed by atoms with Crippen LogP contribution in [-0.4, -0.2) is 33.7 Å². The summed E-state index contributed by atoms with van der Waals surface area (Å²) in [4.78, 5) is 29.2. The maximum atomic E-state index is 13.2. The second-order valence-electron chi connectivity index (χ2n) is 8.69. The van der Waals surface area contributed by atoms with Crippen molar-refractivity contribution in [1.82, 2.24) is 4.98 Å². The van der Waals surface area contributed by atoms with Gasteiger partial charge in [-0.2, -0.15) is 0 Å². The lowest BCUT2D eigenvalue weighted by atomic mass is 9.91. The van der Waals surface area contributed by atoms with Crippen molar-refractivity contribution >= 4 is 36.1 Å². The van der Waals surface area contributed by atoms with Crippen molar-refractivity contribution < 1.29 is 24.2 Å². The van der Waals surface area contributed by atoms with E-state index < -0.39 is 16.7 Å². The molecular weight excluding hydrogens is 470 g/mol. The molecule has 2 heterocycles. The molecule has 2 aliphatic rings. The first-order chi connectivity index (χ1) is 16.2. The van der Waals surface area contributed by atoms with Gasteiger partial charge in [0, 0.05) is 5.56 Å². The molecular formula is C25H24N2O5P2. The van der Waals surface area contributed by atoms with Crippen LogP contribution in [0.2, 0.25) is 0 Å². The number of carboxylic acid groups (broad SMARTS) is 1. The van der Waals surface area contributed by atoms with Crippen LogP contribution in [0.1, 0.15) is 34.3 Å². The molecule has 2 aromatic carbocycles. The highest BCUT2D eigenvalue weighted by molar-refractivity contribution is 7.39. The van der Waals surface area contributed by atoms with Crippen molar-refractivity contribution in [2.24, 2.45) is 0 Å². The number of aryl methyl sites for hydroxylation is 1. The number of fused-ring (bicyclic) bond motifs is 1. The van der Waals surface area contributed by atoms with Crippen LogP contribution in [0.15, 0.2) is 54.6 Å². The van der Waals surface area contributed by atoms with Crippen LogP contribution in [0.4, 0.5) is 5.82 Å². The molecule has 1 aliphatic carbocycles. The zero-order valence-corrected chi connectivity index (χ0v) is 20.8. The number of nitrogens with zero attached hydrogens (tertiary/aromatic N) is 1. The second kappa shape index (κ2) is 8.33. The molecule has 2 N–H and O–H groups in total. The minimum atomic E-state index is -0.987. The summed E-state index contributed by atoms with van der Waals surface area (Å²) in [6.07, 6.45) is 1.57. The predicted molar refractivity (Wildman–Crippen MR) is 136 cm³/mol. The molecule has 1 aromatic heterocycles. The number of aromatic carboxylic acids is 1. The average molecular weight is 494 g/mol. The summed E-state index contributed by atoms with van der Waals surface area (Å²) in [5.74, 6) is 0.943. The largest absolute Gasteiger partial charge is 0.478 e. The molecule has 2 unspecified atom stereocenters. The summed E-state index contributed by atoms with van der Waals surface area (Å²) in [5.41, 5.74) is 2.91. The van der Waals surface area contributed by atoms with Gasteiger partial charge in [0.2, 0.25) is 0 Å². The lowest BCUT2D eigenvalue weighted by Gasteiger charge is -2.17. The van der Waals surface area contributed by atoms with Crippen molar-refractivity contribution in [3.8, 4) is 22.8 Å². The fourth-order valence-corrected chi connectivity index (χ4v) is 4.75. The number of anilines is 1. The van der Waals surface area contributed by atoms with E-state index in [4.69, 9.17) is 9.47 Å². The van der Waals surface area contributed by atoms with Crippen molar-refractivity contribution in [3.05, 3.63) is 71.3 Å². The Labute approximate surface area is 201 Å². The van der Waals surface area contributed by atoms with E-state index in [9.17, 15) is 14.7 Å². The van der Waals surface area contributed by atoms with Gasteiger partial charge in [-0.05, 0) is 79.7 Å². The monoisotopic (exact) mass is 494 g/mol. The Bertz CT molecular complexity index is 1320. The van der Waals surface area contributed by atoms with E-state index in [2.05, 4.69) is 28.8 Å². The Kier molecular flexibility index (Phi) is 5.58. The Balaban J connectivity index is 1.32. The number of hydrogen-bond acceptors (Lipinski definition) is 6. The van der Waals surface area contributed by atoms with E-state index in [0.717, 1.165) is 24.0 Å². The molecule has 2 atom stereocenters. The van der Waals surface area contributed by atoms with Crippen LogP contribution >= 0.6 is 18.5 Å². The molecule has 0 radical (unpaired) electrons. The molecule has 1 aliphatic heterocycles. The summed E-state index contributed by atoms with van der Waals surface area (Å²) < 4.78 is 11.5. The number of carbonyl (C=O) groups excluding carboxylic acids is 1. The van der Waals surface area contributed by atoms with E-state index in [-0.39, 0.29) is 17.9 Å². The van der Waals surface area contributed by atoms with Gasteiger partial charge < -0.3 is 19.9 Å². The third kappa shape index (κ3) is 4.26. The number of carboxylic acids is 1.